The molecule has 1 aliphatic rings. The number of carbonyl (C=O) groups excluding carboxylic acids is 1. The van der Waals surface area contributed by atoms with Gasteiger partial charge in [-0.15, -0.1) is 0 Å². The molecular weight excluding hydrogens is 212 g/mol. The van der Waals surface area contributed by atoms with E-state index in [-0.39, 0.29) is 23.4 Å². The second kappa shape index (κ2) is 5.85. The van der Waals surface area contributed by atoms with Crippen LogP contribution >= 0.6 is 0 Å². The third-order valence-electron chi connectivity index (χ3n) is 3.60. The summed E-state index contributed by atoms with van der Waals surface area (Å²) in [6, 6.07) is 0.230. The molecule has 0 aliphatic carbocycles. The molecule has 1 aliphatic heterocycles. The Labute approximate surface area is 106 Å². The molecule has 1 rings (SSSR count). The van der Waals surface area contributed by atoms with Crippen LogP contribution in [0.5, 0.6) is 0 Å². The number of hydrogen-bond acceptors (Lipinski definition) is 2. The molecule has 1 amide bonds. The molecule has 3 nitrogen and oxygen atoms in total. The predicted octanol–water partition coefficient (Wildman–Crippen LogP) is 2.32. The Bertz CT molecular complexity index is 261. The lowest BCUT2D eigenvalue weighted by Gasteiger charge is -2.38. The number of piperidine rings is 1. The van der Waals surface area contributed by atoms with Crippen LogP contribution in [0.25, 0.3) is 0 Å². The van der Waals surface area contributed by atoms with Gasteiger partial charge in [0, 0.05) is 6.04 Å². The van der Waals surface area contributed by atoms with Crippen molar-refractivity contribution in [3.8, 4) is 0 Å². The first-order valence-electron chi connectivity index (χ1n) is 6.86. The number of nitrogens with one attached hydrogen (secondary N) is 2. The van der Waals surface area contributed by atoms with Crippen molar-refractivity contribution in [2.45, 2.75) is 66.0 Å². The molecule has 0 saturated carbocycles. The van der Waals surface area contributed by atoms with Crippen molar-refractivity contribution >= 4 is 5.91 Å². The summed E-state index contributed by atoms with van der Waals surface area (Å²) in [7, 11) is 0. The van der Waals surface area contributed by atoms with E-state index in [9.17, 15) is 4.79 Å². The molecule has 17 heavy (non-hydrogen) atoms. The first-order chi connectivity index (χ1) is 7.83. The highest BCUT2D eigenvalue weighted by atomic mass is 16.2. The van der Waals surface area contributed by atoms with Crippen molar-refractivity contribution in [3.05, 3.63) is 0 Å². The van der Waals surface area contributed by atoms with Gasteiger partial charge in [0.25, 0.3) is 0 Å². The Morgan fingerprint density at radius 1 is 1.41 bits per heavy atom. The van der Waals surface area contributed by atoms with Gasteiger partial charge in [-0.25, -0.2) is 0 Å². The number of rotatable bonds is 4. The molecule has 0 aromatic carbocycles. The van der Waals surface area contributed by atoms with E-state index < -0.39 is 0 Å². The van der Waals surface area contributed by atoms with Crippen LogP contribution in [0.15, 0.2) is 0 Å². The Balaban J connectivity index is 2.51. The van der Waals surface area contributed by atoms with Gasteiger partial charge in [-0.3, -0.25) is 4.79 Å². The molecule has 1 saturated heterocycles. The zero-order valence-electron chi connectivity index (χ0n) is 12.0. The zero-order chi connectivity index (χ0) is 13.1. The van der Waals surface area contributed by atoms with E-state index in [1.54, 1.807) is 0 Å². The maximum absolute atomic E-state index is 12.2. The fraction of sp³-hybridized carbons (Fsp3) is 0.929. The van der Waals surface area contributed by atoms with Crippen LogP contribution in [-0.2, 0) is 4.79 Å². The Morgan fingerprint density at radius 3 is 2.59 bits per heavy atom. The molecule has 0 aromatic rings. The van der Waals surface area contributed by atoms with Gasteiger partial charge in [-0.1, -0.05) is 27.7 Å². The summed E-state index contributed by atoms with van der Waals surface area (Å²) in [5, 5.41) is 6.49. The van der Waals surface area contributed by atoms with Crippen LogP contribution in [0.3, 0.4) is 0 Å². The van der Waals surface area contributed by atoms with E-state index in [2.05, 4.69) is 45.3 Å². The lowest BCUT2D eigenvalue weighted by Crippen LogP contribution is -2.56. The van der Waals surface area contributed by atoms with Crippen LogP contribution in [0, 0.1) is 11.3 Å². The van der Waals surface area contributed by atoms with Gasteiger partial charge < -0.3 is 10.6 Å². The third kappa shape index (κ3) is 4.30. The summed E-state index contributed by atoms with van der Waals surface area (Å²) in [4.78, 5) is 12.2. The molecule has 0 spiro atoms. The van der Waals surface area contributed by atoms with E-state index in [0.717, 1.165) is 19.4 Å². The molecular formula is C14H28N2O. The fourth-order valence-corrected chi connectivity index (χ4v) is 2.75. The number of carbonyl (C=O) groups is 1. The number of amides is 1. The smallest absolute Gasteiger partial charge is 0.237 e. The molecule has 0 bridgehead atoms. The number of hydrogen-bond donors (Lipinski definition) is 2. The minimum absolute atomic E-state index is 0.0362. The average molecular weight is 240 g/mol. The minimum Gasteiger partial charge on any atom is -0.352 e. The second-order valence-electron chi connectivity index (χ2n) is 6.52. The first kappa shape index (κ1) is 14.5. The molecule has 2 atom stereocenters. The van der Waals surface area contributed by atoms with E-state index >= 15 is 0 Å². The van der Waals surface area contributed by atoms with Gasteiger partial charge in [0.05, 0.1) is 6.04 Å². The normalized spacial score (nSPS) is 25.6. The topological polar surface area (TPSA) is 41.1 Å². The van der Waals surface area contributed by atoms with Gasteiger partial charge in [0.15, 0.2) is 0 Å². The van der Waals surface area contributed by atoms with Crippen LogP contribution in [0.2, 0.25) is 0 Å². The molecule has 100 valence electrons. The largest absolute Gasteiger partial charge is 0.352 e. The lowest BCUT2D eigenvalue weighted by atomic mass is 9.77. The standard InChI is InChI=1S/C14H28N2O/c1-10(2)9-11(3)16-13(17)12-14(4,5)7-6-8-15-12/h10-12,15H,6-9H2,1-5H3,(H,16,17). The summed E-state index contributed by atoms with van der Waals surface area (Å²) in [6.45, 7) is 11.8. The van der Waals surface area contributed by atoms with Crippen molar-refractivity contribution in [1.29, 1.82) is 0 Å². The first-order valence-corrected chi connectivity index (χ1v) is 6.86. The van der Waals surface area contributed by atoms with Crippen molar-refractivity contribution in [2.75, 3.05) is 6.54 Å². The summed E-state index contributed by atoms with van der Waals surface area (Å²) in [5.41, 5.74) is 0.0693. The van der Waals surface area contributed by atoms with E-state index in [4.69, 9.17) is 0 Å². The molecule has 1 fully saturated rings. The van der Waals surface area contributed by atoms with Gasteiger partial charge >= 0.3 is 0 Å². The van der Waals surface area contributed by atoms with Crippen molar-refractivity contribution < 1.29 is 4.79 Å². The molecule has 2 N–H and O–H groups in total. The molecule has 1 heterocycles. The molecule has 0 radical (unpaired) electrons. The monoisotopic (exact) mass is 240 g/mol. The third-order valence-corrected chi connectivity index (χ3v) is 3.60. The van der Waals surface area contributed by atoms with Crippen molar-refractivity contribution in [1.82, 2.24) is 10.6 Å². The highest BCUT2D eigenvalue weighted by Gasteiger charge is 2.37. The van der Waals surface area contributed by atoms with Gasteiger partial charge in [-0.2, -0.15) is 0 Å². The van der Waals surface area contributed by atoms with Gasteiger partial charge in [0.1, 0.15) is 0 Å². The summed E-state index contributed by atoms with van der Waals surface area (Å²) >= 11 is 0. The Kier molecular flexibility index (Phi) is 4.99. The van der Waals surface area contributed by atoms with Crippen LogP contribution in [-0.4, -0.2) is 24.5 Å². The molecule has 0 aromatic heterocycles. The summed E-state index contributed by atoms with van der Waals surface area (Å²) in [5.74, 6) is 0.792. The predicted molar refractivity (Wildman–Crippen MR) is 71.9 cm³/mol. The summed E-state index contributed by atoms with van der Waals surface area (Å²) in [6.07, 6.45) is 3.33. The molecule has 3 heteroatoms. The highest BCUT2D eigenvalue weighted by molar-refractivity contribution is 5.83. The minimum atomic E-state index is -0.0362. The average Bonchev–Trinajstić information content (AvgIpc) is 2.14. The van der Waals surface area contributed by atoms with E-state index in [0.29, 0.717) is 5.92 Å². The maximum atomic E-state index is 12.2. The Hall–Kier alpha value is -0.570. The maximum Gasteiger partial charge on any atom is 0.237 e. The molecule has 2 unspecified atom stereocenters. The lowest BCUT2D eigenvalue weighted by molar-refractivity contribution is -0.127. The van der Waals surface area contributed by atoms with Crippen LogP contribution in [0.1, 0.15) is 53.9 Å². The Morgan fingerprint density at radius 2 is 2.06 bits per heavy atom. The van der Waals surface area contributed by atoms with Gasteiger partial charge in [0.2, 0.25) is 5.91 Å². The van der Waals surface area contributed by atoms with Crippen LogP contribution in [0.4, 0.5) is 0 Å². The summed E-state index contributed by atoms with van der Waals surface area (Å²) < 4.78 is 0. The zero-order valence-corrected chi connectivity index (χ0v) is 12.0. The van der Waals surface area contributed by atoms with Gasteiger partial charge in [-0.05, 0) is 44.1 Å². The second-order valence-corrected chi connectivity index (χ2v) is 6.52. The highest BCUT2D eigenvalue weighted by Crippen LogP contribution is 2.30. The SMILES string of the molecule is CC(C)CC(C)NC(=O)C1NCCCC1(C)C. The quantitative estimate of drug-likeness (QED) is 0.792. The van der Waals surface area contributed by atoms with Crippen LogP contribution < -0.4 is 10.6 Å². The van der Waals surface area contributed by atoms with E-state index in [1.165, 1.54) is 6.42 Å². The van der Waals surface area contributed by atoms with Crippen molar-refractivity contribution in [3.63, 3.8) is 0 Å². The fourth-order valence-electron chi connectivity index (χ4n) is 2.75. The van der Waals surface area contributed by atoms with Crippen molar-refractivity contribution in [2.24, 2.45) is 11.3 Å². The van der Waals surface area contributed by atoms with E-state index in [1.807, 2.05) is 0 Å².